The Hall–Kier alpha value is -2.62. The van der Waals surface area contributed by atoms with E-state index in [0.717, 1.165) is 28.7 Å². The monoisotopic (exact) mass is 252 g/mol. The van der Waals surface area contributed by atoms with E-state index < -0.39 is 0 Å². The van der Waals surface area contributed by atoms with Crippen LogP contribution in [0.4, 0.5) is 0 Å². The van der Waals surface area contributed by atoms with E-state index in [0.29, 0.717) is 11.1 Å². The summed E-state index contributed by atoms with van der Waals surface area (Å²) in [5.41, 5.74) is 4.21. The number of benzene rings is 1. The fourth-order valence-corrected chi connectivity index (χ4v) is 2.15. The van der Waals surface area contributed by atoms with Crippen LogP contribution in [0, 0.1) is 0 Å². The molecule has 0 aliphatic rings. The number of aromatic amines is 1. The first-order chi connectivity index (χ1) is 9.33. The third-order valence-electron chi connectivity index (χ3n) is 3.12. The van der Waals surface area contributed by atoms with Gasteiger partial charge in [-0.1, -0.05) is 12.1 Å². The summed E-state index contributed by atoms with van der Waals surface area (Å²) in [6, 6.07) is 9.70. The minimum absolute atomic E-state index is 0.574. The lowest BCUT2D eigenvalue weighted by molar-refractivity contribution is 0.112. The summed E-state index contributed by atoms with van der Waals surface area (Å²) in [7, 11) is 1.64. The molecule has 0 fully saturated rings. The number of aromatic nitrogens is 2. The molecule has 0 saturated heterocycles. The van der Waals surface area contributed by atoms with Crippen LogP contribution < -0.4 is 4.74 Å². The van der Waals surface area contributed by atoms with E-state index in [2.05, 4.69) is 9.97 Å². The smallest absolute Gasteiger partial charge is 0.153 e. The molecule has 0 amide bonds. The van der Waals surface area contributed by atoms with Crippen molar-refractivity contribution < 1.29 is 9.53 Å². The van der Waals surface area contributed by atoms with Gasteiger partial charge in [-0.25, -0.2) is 0 Å². The largest absolute Gasteiger partial charge is 0.497 e. The third kappa shape index (κ3) is 1.87. The van der Waals surface area contributed by atoms with Crippen LogP contribution >= 0.6 is 0 Å². The van der Waals surface area contributed by atoms with Crippen molar-refractivity contribution in [1.82, 2.24) is 9.97 Å². The van der Waals surface area contributed by atoms with Gasteiger partial charge in [-0.2, -0.15) is 0 Å². The second-order valence-electron chi connectivity index (χ2n) is 4.17. The molecule has 19 heavy (non-hydrogen) atoms. The van der Waals surface area contributed by atoms with Crippen molar-refractivity contribution in [3.05, 3.63) is 48.3 Å². The molecule has 0 saturated carbocycles. The molecule has 3 rings (SSSR count). The molecular weight excluding hydrogens is 240 g/mol. The Kier molecular flexibility index (Phi) is 2.76. The number of aldehydes is 1. The van der Waals surface area contributed by atoms with Crippen LogP contribution in [0.5, 0.6) is 5.75 Å². The second kappa shape index (κ2) is 4.57. The molecule has 0 aliphatic heterocycles. The molecule has 4 nitrogen and oxygen atoms in total. The molecule has 0 spiro atoms. The van der Waals surface area contributed by atoms with Gasteiger partial charge in [-0.05, 0) is 23.8 Å². The van der Waals surface area contributed by atoms with E-state index in [1.54, 1.807) is 19.5 Å². The van der Waals surface area contributed by atoms with E-state index >= 15 is 0 Å². The highest BCUT2D eigenvalue weighted by Gasteiger charge is 2.09. The van der Waals surface area contributed by atoms with Crippen molar-refractivity contribution in [1.29, 1.82) is 0 Å². The molecule has 0 unspecified atom stereocenters. The van der Waals surface area contributed by atoms with Crippen LogP contribution in [-0.2, 0) is 0 Å². The van der Waals surface area contributed by atoms with Gasteiger partial charge in [0.15, 0.2) is 6.29 Å². The number of H-pyrrole nitrogens is 1. The van der Waals surface area contributed by atoms with Crippen molar-refractivity contribution in [3.8, 4) is 16.9 Å². The highest BCUT2D eigenvalue weighted by Crippen LogP contribution is 2.28. The quantitative estimate of drug-likeness (QED) is 0.729. The Morgan fingerprint density at radius 1 is 1.21 bits per heavy atom. The number of ether oxygens (including phenoxy) is 1. The van der Waals surface area contributed by atoms with E-state index in [-0.39, 0.29) is 0 Å². The SMILES string of the molecule is COc1ccc(-c2ccnc3c(C=O)c[nH]c23)cc1. The maximum Gasteiger partial charge on any atom is 0.153 e. The molecule has 1 aromatic carbocycles. The van der Waals surface area contributed by atoms with Crippen molar-refractivity contribution in [2.24, 2.45) is 0 Å². The number of pyridine rings is 1. The van der Waals surface area contributed by atoms with Gasteiger partial charge in [-0.3, -0.25) is 9.78 Å². The summed E-state index contributed by atoms with van der Waals surface area (Å²) in [5.74, 6) is 0.814. The molecule has 2 aromatic heterocycles. The van der Waals surface area contributed by atoms with Crippen molar-refractivity contribution in [3.63, 3.8) is 0 Å². The van der Waals surface area contributed by atoms with Gasteiger partial charge in [0.2, 0.25) is 0 Å². The third-order valence-corrected chi connectivity index (χ3v) is 3.12. The average Bonchev–Trinajstić information content (AvgIpc) is 2.90. The first-order valence-corrected chi connectivity index (χ1v) is 5.89. The first-order valence-electron chi connectivity index (χ1n) is 5.89. The number of methoxy groups -OCH3 is 1. The Labute approximate surface area is 110 Å². The van der Waals surface area contributed by atoms with E-state index in [1.165, 1.54) is 0 Å². The van der Waals surface area contributed by atoms with Crippen molar-refractivity contribution in [2.45, 2.75) is 0 Å². The molecule has 2 heterocycles. The van der Waals surface area contributed by atoms with Crippen molar-refractivity contribution >= 4 is 17.3 Å². The van der Waals surface area contributed by atoms with Gasteiger partial charge >= 0.3 is 0 Å². The maximum absolute atomic E-state index is 10.9. The predicted molar refractivity (Wildman–Crippen MR) is 73.5 cm³/mol. The van der Waals surface area contributed by atoms with Gasteiger partial charge in [0.1, 0.15) is 5.75 Å². The zero-order valence-corrected chi connectivity index (χ0v) is 10.4. The number of fused-ring (bicyclic) bond motifs is 1. The summed E-state index contributed by atoms with van der Waals surface area (Å²) < 4.78 is 5.15. The van der Waals surface area contributed by atoms with E-state index in [9.17, 15) is 4.79 Å². The predicted octanol–water partition coefficient (Wildman–Crippen LogP) is 3.05. The lowest BCUT2D eigenvalue weighted by Gasteiger charge is -2.05. The summed E-state index contributed by atoms with van der Waals surface area (Å²) in [4.78, 5) is 18.3. The molecule has 0 bridgehead atoms. The number of nitrogens with zero attached hydrogens (tertiary/aromatic N) is 1. The lowest BCUT2D eigenvalue weighted by Crippen LogP contribution is -1.86. The van der Waals surface area contributed by atoms with Gasteiger partial charge in [-0.15, -0.1) is 0 Å². The topological polar surface area (TPSA) is 55.0 Å². The fraction of sp³-hybridized carbons (Fsp3) is 0.0667. The van der Waals surface area contributed by atoms with Crippen LogP contribution in [0.15, 0.2) is 42.7 Å². The van der Waals surface area contributed by atoms with Crippen LogP contribution in [0.25, 0.3) is 22.2 Å². The molecule has 4 heteroatoms. The number of rotatable bonds is 3. The number of nitrogens with one attached hydrogen (secondary N) is 1. The Morgan fingerprint density at radius 3 is 2.68 bits per heavy atom. The Morgan fingerprint density at radius 2 is 2.00 bits per heavy atom. The summed E-state index contributed by atoms with van der Waals surface area (Å²) in [6.45, 7) is 0. The normalized spacial score (nSPS) is 10.6. The molecule has 0 aliphatic carbocycles. The standard InChI is InChI=1S/C15H12N2O2/c1-19-12-4-2-10(3-5-12)13-6-7-16-14-11(9-18)8-17-15(13)14/h2-9,17H,1H3. The molecule has 0 atom stereocenters. The zero-order chi connectivity index (χ0) is 13.2. The van der Waals surface area contributed by atoms with Crippen LogP contribution in [0.1, 0.15) is 10.4 Å². The van der Waals surface area contributed by atoms with Gasteiger partial charge in [0.25, 0.3) is 0 Å². The lowest BCUT2D eigenvalue weighted by atomic mass is 10.1. The first kappa shape index (κ1) is 11.5. The number of carbonyl (C=O) groups is 1. The maximum atomic E-state index is 10.9. The van der Waals surface area contributed by atoms with E-state index in [4.69, 9.17) is 4.74 Å². The average molecular weight is 252 g/mol. The van der Waals surface area contributed by atoms with Crippen LogP contribution in [-0.4, -0.2) is 23.4 Å². The van der Waals surface area contributed by atoms with Gasteiger partial charge < -0.3 is 9.72 Å². The molecule has 0 radical (unpaired) electrons. The molecule has 94 valence electrons. The van der Waals surface area contributed by atoms with E-state index in [1.807, 2.05) is 30.3 Å². The minimum atomic E-state index is 0.574. The molecule has 3 aromatic rings. The summed E-state index contributed by atoms with van der Waals surface area (Å²) >= 11 is 0. The van der Waals surface area contributed by atoms with Crippen molar-refractivity contribution in [2.75, 3.05) is 7.11 Å². The van der Waals surface area contributed by atoms with Crippen LogP contribution in [0.2, 0.25) is 0 Å². The van der Waals surface area contributed by atoms with Gasteiger partial charge in [0.05, 0.1) is 23.7 Å². The van der Waals surface area contributed by atoms with Gasteiger partial charge in [0, 0.05) is 18.0 Å². The highest BCUT2D eigenvalue weighted by molar-refractivity contribution is 6.00. The fourth-order valence-electron chi connectivity index (χ4n) is 2.15. The number of hydrogen-bond acceptors (Lipinski definition) is 3. The highest BCUT2D eigenvalue weighted by atomic mass is 16.5. The molecular formula is C15H12N2O2. The zero-order valence-electron chi connectivity index (χ0n) is 10.4. The summed E-state index contributed by atoms with van der Waals surface area (Å²) in [5, 5.41) is 0. The van der Waals surface area contributed by atoms with Crippen LogP contribution in [0.3, 0.4) is 0 Å². The number of carbonyl (C=O) groups excluding carboxylic acids is 1. The minimum Gasteiger partial charge on any atom is -0.497 e. The Bertz CT molecular complexity index is 729. The Balaban J connectivity index is 2.18. The number of hydrogen-bond donors (Lipinski definition) is 1. The molecule has 1 N–H and O–H groups in total. The summed E-state index contributed by atoms with van der Waals surface area (Å²) in [6.07, 6.45) is 4.20. The second-order valence-corrected chi connectivity index (χ2v) is 4.17.